The number of sulfonamides is 1. The molecule has 0 unspecified atom stereocenters. The first-order valence-electron chi connectivity index (χ1n) is 6.48. The van der Waals surface area contributed by atoms with Gasteiger partial charge in [0.1, 0.15) is 10.6 Å². The van der Waals surface area contributed by atoms with Crippen LogP contribution in [0.15, 0.2) is 23.1 Å². The number of morpholine rings is 1. The number of nitrogens with one attached hydrogen (secondary N) is 1. The molecule has 21 heavy (non-hydrogen) atoms. The number of hydrogen-bond acceptors (Lipinski definition) is 5. The van der Waals surface area contributed by atoms with Crippen molar-refractivity contribution in [3.63, 3.8) is 0 Å². The molecule has 1 aliphatic rings. The molecule has 1 saturated heterocycles. The number of hydrogen-bond donors (Lipinski definition) is 1. The summed E-state index contributed by atoms with van der Waals surface area (Å²) in [5.41, 5.74) is 0.269. The average molecular weight is 314 g/mol. The normalized spacial score (nSPS) is 16.5. The molecule has 0 aromatic heterocycles. The summed E-state index contributed by atoms with van der Waals surface area (Å²) in [6.45, 7) is 1.29. The fourth-order valence-electron chi connectivity index (χ4n) is 2.09. The zero-order valence-electron chi connectivity index (χ0n) is 12.0. The van der Waals surface area contributed by atoms with Crippen LogP contribution in [0, 0.1) is 0 Å². The van der Waals surface area contributed by atoms with Gasteiger partial charge in [0, 0.05) is 25.7 Å². The lowest BCUT2D eigenvalue weighted by Gasteiger charge is -2.26. The third-order valence-corrected chi connectivity index (χ3v) is 5.16. The van der Waals surface area contributed by atoms with Crippen LogP contribution >= 0.6 is 0 Å². The van der Waals surface area contributed by atoms with Crippen LogP contribution in [0.3, 0.4) is 0 Å². The number of rotatable bonds is 4. The van der Waals surface area contributed by atoms with Gasteiger partial charge in [-0.25, -0.2) is 8.42 Å². The van der Waals surface area contributed by atoms with Gasteiger partial charge in [-0.2, -0.15) is 4.31 Å². The van der Waals surface area contributed by atoms with Crippen molar-refractivity contribution in [3.8, 4) is 5.75 Å². The summed E-state index contributed by atoms with van der Waals surface area (Å²) in [6.07, 6.45) is 0. The van der Waals surface area contributed by atoms with E-state index >= 15 is 0 Å². The quantitative estimate of drug-likeness (QED) is 0.850. The number of amides is 1. The van der Waals surface area contributed by atoms with E-state index < -0.39 is 10.0 Å². The number of benzene rings is 1. The van der Waals surface area contributed by atoms with Crippen LogP contribution in [0.2, 0.25) is 0 Å². The second-order valence-corrected chi connectivity index (χ2v) is 6.37. The molecule has 0 aliphatic carbocycles. The Kier molecular flexibility index (Phi) is 4.81. The van der Waals surface area contributed by atoms with E-state index in [-0.39, 0.29) is 35.2 Å². The smallest absolute Gasteiger partial charge is 0.251 e. The minimum absolute atomic E-state index is 0.00648. The van der Waals surface area contributed by atoms with E-state index in [1.807, 2.05) is 0 Å². The van der Waals surface area contributed by atoms with Crippen LogP contribution in [0.1, 0.15) is 10.4 Å². The number of methoxy groups -OCH3 is 1. The zero-order chi connectivity index (χ0) is 15.5. The van der Waals surface area contributed by atoms with Crippen molar-refractivity contribution in [2.45, 2.75) is 4.90 Å². The van der Waals surface area contributed by atoms with Crippen LogP contribution in [0.4, 0.5) is 0 Å². The predicted molar refractivity (Wildman–Crippen MR) is 76.0 cm³/mol. The van der Waals surface area contributed by atoms with Gasteiger partial charge in [0.15, 0.2) is 0 Å². The fraction of sp³-hybridized carbons (Fsp3) is 0.462. The third kappa shape index (κ3) is 3.17. The van der Waals surface area contributed by atoms with Gasteiger partial charge in [0.25, 0.3) is 5.91 Å². The van der Waals surface area contributed by atoms with Gasteiger partial charge in [0.05, 0.1) is 20.3 Å². The number of ether oxygens (including phenoxy) is 2. The maximum atomic E-state index is 12.7. The predicted octanol–water partition coefficient (Wildman–Crippen LogP) is 0.0757. The van der Waals surface area contributed by atoms with Gasteiger partial charge in [-0.1, -0.05) is 0 Å². The first-order chi connectivity index (χ1) is 10.0. The standard InChI is InChI=1S/C13H18N2O5S/c1-14-13(16)10-3-4-11(19-2)12(9-10)21(17,18)15-5-7-20-8-6-15/h3-4,9H,5-8H2,1-2H3,(H,14,16). The van der Waals surface area contributed by atoms with E-state index in [1.165, 1.54) is 36.7 Å². The Balaban J connectivity index is 2.46. The minimum Gasteiger partial charge on any atom is -0.495 e. The van der Waals surface area contributed by atoms with Crippen LogP contribution in [-0.2, 0) is 14.8 Å². The van der Waals surface area contributed by atoms with Crippen LogP contribution in [0.5, 0.6) is 5.75 Å². The van der Waals surface area contributed by atoms with Gasteiger partial charge < -0.3 is 14.8 Å². The van der Waals surface area contributed by atoms with Crippen molar-refractivity contribution in [1.29, 1.82) is 0 Å². The summed E-state index contributed by atoms with van der Waals surface area (Å²) in [5, 5.41) is 2.47. The SMILES string of the molecule is CNC(=O)c1ccc(OC)c(S(=O)(=O)N2CCOCC2)c1. The summed E-state index contributed by atoms with van der Waals surface area (Å²) in [6, 6.07) is 4.34. The fourth-order valence-corrected chi connectivity index (χ4v) is 3.68. The topological polar surface area (TPSA) is 84.9 Å². The summed E-state index contributed by atoms with van der Waals surface area (Å²) >= 11 is 0. The van der Waals surface area contributed by atoms with Crippen LogP contribution in [0.25, 0.3) is 0 Å². The van der Waals surface area contributed by atoms with Crippen molar-refractivity contribution >= 4 is 15.9 Å². The van der Waals surface area contributed by atoms with Crippen molar-refractivity contribution in [2.75, 3.05) is 40.5 Å². The summed E-state index contributed by atoms with van der Waals surface area (Å²) in [5.74, 6) is -0.134. The zero-order valence-corrected chi connectivity index (χ0v) is 12.8. The molecule has 1 N–H and O–H groups in total. The van der Waals surface area contributed by atoms with E-state index in [2.05, 4.69) is 5.32 Å². The Morgan fingerprint density at radius 3 is 2.57 bits per heavy atom. The van der Waals surface area contributed by atoms with E-state index in [1.54, 1.807) is 0 Å². The second-order valence-electron chi connectivity index (χ2n) is 4.46. The molecule has 0 bridgehead atoms. The summed E-state index contributed by atoms with van der Waals surface area (Å²) in [4.78, 5) is 11.7. The Labute approximate surface area is 123 Å². The maximum Gasteiger partial charge on any atom is 0.251 e. The summed E-state index contributed by atoms with van der Waals surface area (Å²) in [7, 11) is -0.836. The second kappa shape index (κ2) is 6.42. The first kappa shape index (κ1) is 15.7. The molecule has 1 fully saturated rings. The van der Waals surface area contributed by atoms with E-state index in [4.69, 9.17) is 9.47 Å². The molecular formula is C13H18N2O5S. The lowest BCUT2D eigenvalue weighted by Crippen LogP contribution is -2.40. The maximum absolute atomic E-state index is 12.7. The Bertz CT molecular complexity index is 623. The number of carbonyl (C=O) groups is 1. The molecule has 0 spiro atoms. The van der Waals surface area contributed by atoms with Crippen LogP contribution < -0.4 is 10.1 Å². The van der Waals surface area contributed by atoms with E-state index in [9.17, 15) is 13.2 Å². The lowest BCUT2D eigenvalue weighted by molar-refractivity contribution is 0.0729. The lowest BCUT2D eigenvalue weighted by atomic mass is 10.2. The number of nitrogens with zero attached hydrogens (tertiary/aromatic N) is 1. The third-order valence-electron chi connectivity index (χ3n) is 3.24. The highest BCUT2D eigenvalue weighted by atomic mass is 32.2. The number of carbonyl (C=O) groups excluding carboxylic acids is 1. The van der Waals surface area contributed by atoms with Crippen LogP contribution in [-0.4, -0.2) is 59.1 Å². The van der Waals surface area contributed by atoms with E-state index in [0.29, 0.717) is 13.2 Å². The van der Waals surface area contributed by atoms with Crippen molar-refractivity contribution in [2.24, 2.45) is 0 Å². The molecule has 116 valence electrons. The Morgan fingerprint density at radius 2 is 2.00 bits per heavy atom. The van der Waals surface area contributed by atoms with Gasteiger partial charge in [-0.05, 0) is 18.2 Å². The molecule has 1 amide bonds. The monoisotopic (exact) mass is 314 g/mol. The van der Waals surface area contributed by atoms with Crippen molar-refractivity contribution in [1.82, 2.24) is 9.62 Å². The molecule has 2 rings (SSSR count). The highest BCUT2D eigenvalue weighted by molar-refractivity contribution is 7.89. The molecule has 1 aliphatic heterocycles. The minimum atomic E-state index is -3.72. The molecule has 0 radical (unpaired) electrons. The molecule has 0 atom stereocenters. The Hall–Kier alpha value is -1.64. The Morgan fingerprint density at radius 1 is 1.33 bits per heavy atom. The molecule has 7 nitrogen and oxygen atoms in total. The van der Waals surface area contributed by atoms with Crippen molar-refractivity contribution in [3.05, 3.63) is 23.8 Å². The first-order valence-corrected chi connectivity index (χ1v) is 7.92. The molecule has 1 heterocycles. The van der Waals surface area contributed by atoms with Gasteiger partial charge in [-0.15, -0.1) is 0 Å². The van der Waals surface area contributed by atoms with Gasteiger partial charge >= 0.3 is 0 Å². The highest BCUT2D eigenvalue weighted by Crippen LogP contribution is 2.28. The van der Waals surface area contributed by atoms with Gasteiger partial charge in [-0.3, -0.25) is 4.79 Å². The molecule has 1 aromatic carbocycles. The van der Waals surface area contributed by atoms with Gasteiger partial charge in [0.2, 0.25) is 10.0 Å². The summed E-state index contributed by atoms with van der Waals surface area (Å²) < 4.78 is 37.0. The average Bonchev–Trinajstić information content (AvgIpc) is 2.54. The van der Waals surface area contributed by atoms with Crippen molar-refractivity contribution < 1.29 is 22.7 Å². The highest BCUT2D eigenvalue weighted by Gasteiger charge is 2.29. The largest absolute Gasteiger partial charge is 0.495 e. The molecule has 0 saturated carbocycles. The molecule has 1 aromatic rings. The van der Waals surface area contributed by atoms with E-state index in [0.717, 1.165) is 0 Å². The molecule has 8 heteroatoms. The molecular weight excluding hydrogens is 296 g/mol.